The highest BCUT2D eigenvalue weighted by atomic mass is 32.2. The number of carbonyl (C=O) groups is 1. The number of likely N-dealkylation sites (tertiary alicyclic amines) is 1. The minimum absolute atomic E-state index is 0.108. The maximum atomic E-state index is 13.4. The van der Waals surface area contributed by atoms with E-state index in [1.165, 1.54) is 28.8 Å². The van der Waals surface area contributed by atoms with E-state index in [0.717, 1.165) is 30.6 Å². The van der Waals surface area contributed by atoms with Gasteiger partial charge in [0.25, 0.3) is 0 Å². The van der Waals surface area contributed by atoms with E-state index < -0.39 is 0 Å². The van der Waals surface area contributed by atoms with Gasteiger partial charge < -0.3 is 4.90 Å². The molecule has 0 bridgehead atoms. The Hall–Kier alpha value is -2.97. The van der Waals surface area contributed by atoms with Crippen LogP contribution in [0.2, 0.25) is 0 Å². The zero-order valence-corrected chi connectivity index (χ0v) is 18.9. The lowest BCUT2D eigenvalue weighted by atomic mass is 10.2. The van der Waals surface area contributed by atoms with E-state index in [2.05, 4.69) is 21.6 Å². The van der Waals surface area contributed by atoms with Crippen LogP contribution >= 0.6 is 23.1 Å². The number of hydrogen-bond donors (Lipinski definition) is 0. The minimum atomic E-state index is -0.300. The van der Waals surface area contributed by atoms with Crippen LogP contribution in [0, 0.1) is 5.82 Å². The number of carbonyl (C=O) groups excluding carboxylic acids is 1. The summed E-state index contributed by atoms with van der Waals surface area (Å²) in [5.41, 5.74) is 1.66. The first-order chi connectivity index (χ1) is 15.7. The Bertz CT molecular complexity index is 1190. The fourth-order valence-electron chi connectivity index (χ4n) is 4.01. The highest BCUT2D eigenvalue weighted by Crippen LogP contribution is 2.35. The SMILES string of the molecule is O=C(CSc1nnc(-c2ccc(F)cc2)n1-c1ccccc1)N1CCCC1c1cccs1. The topological polar surface area (TPSA) is 51.0 Å². The molecule has 1 fully saturated rings. The summed E-state index contributed by atoms with van der Waals surface area (Å²) in [4.78, 5) is 16.3. The summed E-state index contributed by atoms with van der Waals surface area (Å²) in [5.74, 6) is 0.710. The molecule has 4 aromatic rings. The Labute approximate surface area is 193 Å². The van der Waals surface area contributed by atoms with Gasteiger partial charge in [-0.2, -0.15) is 0 Å². The number of thioether (sulfide) groups is 1. The third kappa shape index (κ3) is 4.20. The van der Waals surface area contributed by atoms with Crippen molar-refractivity contribution in [1.82, 2.24) is 19.7 Å². The number of aromatic nitrogens is 3. The summed E-state index contributed by atoms with van der Waals surface area (Å²) in [6.07, 6.45) is 2.03. The molecule has 162 valence electrons. The smallest absolute Gasteiger partial charge is 0.233 e. The molecule has 5 nitrogen and oxygen atoms in total. The van der Waals surface area contributed by atoms with E-state index >= 15 is 0 Å². The largest absolute Gasteiger partial charge is 0.334 e. The van der Waals surface area contributed by atoms with Gasteiger partial charge >= 0.3 is 0 Å². The zero-order valence-electron chi connectivity index (χ0n) is 17.2. The molecule has 1 unspecified atom stereocenters. The second-order valence-electron chi connectivity index (χ2n) is 7.53. The summed E-state index contributed by atoms with van der Waals surface area (Å²) in [7, 11) is 0. The standard InChI is InChI=1S/C24H21FN4OS2/c25-18-12-10-17(11-13-18)23-26-27-24(29(23)19-6-2-1-3-7-19)32-16-22(30)28-14-4-8-20(28)21-9-5-15-31-21/h1-3,5-7,9-13,15,20H,4,8,14,16H2. The molecule has 1 atom stereocenters. The molecule has 8 heteroatoms. The van der Waals surface area contributed by atoms with E-state index in [1.807, 2.05) is 45.9 Å². The molecule has 0 saturated carbocycles. The van der Waals surface area contributed by atoms with E-state index in [4.69, 9.17) is 0 Å². The molecule has 0 aliphatic carbocycles. The van der Waals surface area contributed by atoms with Crippen molar-refractivity contribution in [2.45, 2.75) is 24.0 Å². The zero-order chi connectivity index (χ0) is 21.9. The van der Waals surface area contributed by atoms with Gasteiger partial charge in [-0.15, -0.1) is 21.5 Å². The summed E-state index contributed by atoms with van der Waals surface area (Å²) < 4.78 is 15.4. The number of para-hydroxylation sites is 1. The molecule has 1 amide bonds. The molecule has 32 heavy (non-hydrogen) atoms. The van der Waals surface area contributed by atoms with E-state index in [-0.39, 0.29) is 23.5 Å². The van der Waals surface area contributed by atoms with E-state index in [0.29, 0.717) is 11.0 Å². The molecule has 5 rings (SSSR count). The van der Waals surface area contributed by atoms with Crippen LogP contribution < -0.4 is 0 Å². The van der Waals surface area contributed by atoms with Crippen LogP contribution in [0.3, 0.4) is 0 Å². The minimum Gasteiger partial charge on any atom is -0.334 e. The second kappa shape index (κ2) is 9.26. The maximum Gasteiger partial charge on any atom is 0.233 e. The number of amides is 1. The predicted molar refractivity (Wildman–Crippen MR) is 125 cm³/mol. The molecule has 0 spiro atoms. The monoisotopic (exact) mass is 464 g/mol. The summed E-state index contributed by atoms with van der Waals surface area (Å²) in [5, 5.41) is 11.4. The average Bonchev–Trinajstić information content (AvgIpc) is 3.59. The van der Waals surface area contributed by atoms with Crippen molar-refractivity contribution in [3.63, 3.8) is 0 Å². The van der Waals surface area contributed by atoms with Gasteiger partial charge in [-0.3, -0.25) is 9.36 Å². The molecule has 0 N–H and O–H groups in total. The normalized spacial score (nSPS) is 15.9. The molecule has 3 heterocycles. The van der Waals surface area contributed by atoms with Gasteiger partial charge in [0.05, 0.1) is 11.8 Å². The Balaban J connectivity index is 1.40. The van der Waals surface area contributed by atoms with E-state index in [9.17, 15) is 9.18 Å². The van der Waals surface area contributed by atoms with Gasteiger partial charge in [-0.25, -0.2) is 4.39 Å². The molecule has 2 aromatic heterocycles. The summed E-state index contributed by atoms with van der Waals surface area (Å²) >= 11 is 3.09. The quantitative estimate of drug-likeness (QED) is 0.349. The molecular formula is C24H21FN4OS2. The van der Waals surface area contributed by atoms with Crippen LogP contribution in [0.5, 0.6) is 0 Å². The third-order valence-electron chi connectivity index (χ3n) is 5.52. The lowest BCUT2D eigenvalue weighted by Crippen LogP contribution is -2.31. The summed E-state index contributed by atoms with van der Waals surface area (Å²) in [6.45, 7) is 0.786. The molecule has 2 aromatic carbocycles. The van der Waals surface area contributed by atoms with E-state index in [1.54, 1.807) is 23.5 Å². The lowest BCUT2D eigenvalue weighted by Gasteiger charge is -2.23. The second-order valence-corrected chi connectivity index (χ2v) is 9.46. The van der Waals surface area contributed by atoms with Crippen LogP contribution in [-0.2, 0) is 4.79 Å². The van der Waals surface area contributed by atoms with Crippen LogP contribution in [0.15, 0.2) is 77.3 Å². The number of nitrogens with zero attached hydrogens (tertiary/aromatic N) is 4. The van der Waals surface area contributed by atoms with Crippen molar-refractivity contribution in [1.29, 1.82) is 0 Å². The Kier molecular flexibility index (Phi) is 6.05. The van der Waals surface area contributed by atoms with Crippen molar-refractivity contribution < 1.29 is 9.18 Å². The van der Waals surface area contributed by atoms with Crippen LogP contribution in [0.4, 0.5) is 4.39 Å². The number of hydrogen-bond acceptors (Lipinski definition) is 5. The number of halogens is 1. The first kappa shape index (κ1) is 20.9. The van der Waals surface area contributed by atoms with Crippen LogP contribution in [0.25, 0.3) is 17.1 Å². The third-order valence-corrected chi connectivity index (χ3v) is 7.41. The van der Waals surface area contributed by atoms with Crippen molar-refractivity contribution >= 4 is 29.0 Å². The van der Waals surface area contributed by atoms with Crippen molar-refractivity contribution in [3.8, 4) is 17.1 Å². The molecule has 1 aliphatic heterocycles. The Morgan fingerprint density at radius 2 is 1.88 bits per heavy atom. The molecular weight excluding hydrogens is 443 g/mol. The van der Waals surface area contributed by atoms with Crippen molar-refractivity contribution in [2.24, 2.45) is 0 Å². The van der Waals surface area contributed by atoms with Crippen molar-refractivity contribution in [2.75, 3.05) is 12.3 Å². The van der Waals surface area contributed by atoms with Crippen LogP contribution in [0.1, 0.15) is 23.8 Å². The molecule has 1 saturated heterocycles. The predicted octanol–water partition coefficient (Wildman–Crippen LogP) is 5.59. The highest BCUT2D eigenvalue weighted by Gasteiger charge is 2.30. The molecule has 0 radical (unpaired) electrons. The maximum absolute atomic E-state index is 13.4. The van der Waals surface area contributed by atoms with Gasteiger partial charge in [0.2, 0.25) is 5.91 Å². The summed E-state index contributed by atoms with van der Waals surface area (Å²) in [6, 6.07) is 20.3. The number of benzene rings is 2. The lowest BCUT2D eigenvalue weighted by molar-refractivity contribution is -0.129. The highest BCUT2D eigenvalue weighted by molar-refractivity contribution is 7.99. The van der Waals surface area contributed by atoms with Gasteiger partial charge in [0.15, 0.2) is 11.0 Å². The first-order valence-electron chi connectivity index (χ1n) is 10.4. The van der Waals surface area contributed by atoms with Crippen LogP contribution in [-0.4, -0.2) is 37.9 Å². The Morgan fingerprint density at radius 3 is 2.62 bits per heavy atom. The number of rotatable bonds is 6. The van der Waals surface area contributed by atoms with Gasteiger partial charge in [-0.05, 0) is 60.7 Å². The van der Waals surface area contributed by atoms with Gasteiger partial charge in [0, 0.05) is 22.7 Å². The van der Waals surface area contributed by atoms with Crippen molar-refractivity contribution in [3.05, 3.63) is 82.8 Å². The fourth-order valence-corrected chi connectivity index (χ4v) is 5.72. The fraction of sp³-hybridized carbons (Fsp3) is 0.208. The number of thiophene rings is 1. The van der Waals surface area contributed by atoms with Gasteiger partial charge in [0.1, 0.15) is 5.82 Å². The first-order valence-corrected chi connectivity index (χ1v) is 12.3. The Morgan fingerprint density at radius 1 is 1.06 bits per heavy atom. The average molecular weight is 465 g/mol. The van der Waals surface area contributed by atoms with Gasteiger partial charge in [-0.1, -0.05) is 36.0 Å². The molecule has 1 aliphatic rings.